The van der Waals surface area contributed by atoms with E-state index in [1.165, 1.54) is 22.3 Å². The van der Waals surface area contributed by atoms with E-state index in [-0.39, 0.29) is 10.6 Å². The maximum Gasteiger partial charge on any atom is 0.269 e. The van der Waals surface area contributed by atoms with Gasteiger partial charge in [-0.1, -0.05) is 65.7 Å². The Kier molecular flexibility index (Phi) is 5.99. The van der Waals surface area contributed by atoms with Crippen molar-refractivity contribution in [2.45, 2.75) is 27.2 Å². The second kappa shape index (κ2) is 8.61. The van der Waals surface area contributed by atoms with Crippen LogP contribution in [0.1, 0.15) is 29.2 Å². The molecule has 3 aromatic rings. The number of aryl methyl sites for hydroxylation is 2. The van der Waals surface area contributed by atoms with E-state index in [4.69, 9.17) is 4.99 Å². The van der Waals surface area contributed by atoms with E-state index in [0.717, 1.165) is 23.3 Å². The molecule has 0 heterocycles. The standard InChI is InChI=1S/C24H24N2O2/c1-17-4-9-21(10-5-17)24-16-18(2)6-13-23(24)19(3)25-15-14-20-7-11-22(12-8-20)26(27)28/h4-13,16H,14-15H2,1-3H3. The minimum atomic E-state index is -0.379. The van der Waals surface area contributed by atoms with Crippen molar-refractivity contribution in [2.75, 3.05) is 6.54 Å². The van der Waals surface area contributed by atoms with Gasteiger partial charge in [0.25, 0.3) is 5.69 Å². The van der Waals surface area contributed by atoms with E-state index in [2.05, 4.69) is 56.3 Å². The average molecular weight is 372 g/mol. The van der Waals surface area contributed by atoms with Gasteiger partial charge in [0.05, 0.1) is 4.92 Å². The highest BCUT2D eigenvalue weighted by Gasteiger charge is 2.09. The Labute approximate surface area is 165 Å². The second-order valence-electron chi connectivity index (χ2n) is 7.06. The monoisotopic (exact) mass is 372 g/mol. The molecule has 0 spiro atoms. The molecule has 28 heavy (non-hydrogen) atoms. The Morgan fingerprint density at radius 3 is 2.21 bits per heavy atom. The van der Waals surface area contributed by atoms with Crippen molar-refractivity contribution in [2.24, 2.45) is 4.99 Å². The summed E-state index contributed by atoms with van der Waals surface area (Å²) in [6, 6.07) is 21.7. The highest BCUT2D eigenvalue weighted by molar-refractivity contribution is 6.04. The second-order valence-corrected chi connectivity index (χ2v) is 7.06. The number of nitrogens with zero attached hydrogens (tertiary/aromatic N) is 2. The third kappa shape index (κ3) is 4.71. The molecule has 0 fully saturated rings. The molecular formula is C24H24N2O2. The smallest absolute Gasteiger partial charge is 0.269 e. The van der Waals surface area contributed by atoms with Crippen LogP contribution in [0.2, 0.25) is 0 Å². The minimum Gasteiger partial charge on any atom is -0.289 e. The van der Waals surface area contributed by atoms with Gasteiger partial charge < -0.3 is 0 Å². The molecule has 0 aromatic heterocycles. The van der Waals surface area contributed by atoms with E-state index in [0.29, 0.717) is 6.54 Å². The van der Waals surface area contributed by atoms with Crippen LogP contribution in [0.25, 0.3) is 11.1 Å². The first kappa shape index (κ1) is 19.5. The highest BCUT2D eigenvalue weighted by atomic mass is 16.6. The van der Waals surface area contributed by atoms with Crippen molar-refractivity contribution in [3.63, 3.8) is 0 Å². The van der Waals surface area contributed by atoms with Crippen LogP contribution in [0.5, 0.6) is 0 Å². The summed E-state index contributed by atoms with van der Waals surface area (Å²) in [5.41, 5.74) is 8.14. The molecule has 0 aliphatic rings. The Morgan fingerprint density at radius 1 is 0.929 bits per heavy atom. The largest absolute Gasteiger partial charge is 0.289 e. The molecule has 0 radical (unpaired) electrons. The summed E-state index contributed by atoms with van der Waals surface area (Å²) in [6.45, 7) is 6.87. The lowest BCUT2D eigenvalue weighted by Crippen LogP contribution is -2.01. The molecular weight excluding hydrogens is 348 g/mol. The van der Waals surface area contributed by atoms with Gasteiger partial charge in [0.2, 0.25) is 0 Å². The quantitative estimate of drug-likeness (QED) is 0.306. The number of hydrogen-bond acceptors (Lipinski definition) is 3. The third-order valence-electron chi connectivity index (χ3n) is 4.82. The molecule has 0 N–H and O–H groups in total. The summed E-state index contributed by atoms with van der Waals surface area (Å²) in [6.07, 6.45) is 0.751. The zero-order valence-corrected chi connectivity index (χ0v) is 16.5. The summed E-state index contributed by atoms with van der Waals surface area (Å²) in [5, 5.41) is 10.7. The number of aliphatic imine (C=N–C) groups is 1. The van der Waals surface area contributed by atoms with Gasteiger partial charge in [-0.05, 0) is 43.9 Å². The molecule has 3 aromatic carbocycles. The Hall–Kier alpha value is -3.27. The Morgan fingerprint density at radius 2 is 1.57 bits per heavy atom. The first-order valence-corrected chi connectivity index (χ1v) is 9.36. The van der Waals surface area contributed by atoms with E-state index < -0.39 is 0 Å². The van der Waals surface area contributed by atoms with Crippen LogP contribution < -0.4 is 0 Å². The molecule has 0 bridgehead atoms. The van der Waals surface area contributed by atoms with E-state index in [1.807, 2.05) is 6.92 Å². The Bertz CT molecular complexity index is 1000. The first-order valence-electron chi connectivity index (χ1n) is 9.36. The summed E-state index contributed by atoms with van der Waals surface area (Å²) in [4.78, 5) is 15.1. The highest BCUT2D eigenvalue weighted by Crippen LogP contribution is 2.26. The fourth-order valence-electron chi connectivity index (χ4n) is 3.17. The molecule has 4 nitrogen and oxygen atoms in total. The normalized spacial score (nSPS) is 11.5. The topological polar surface area (TPSA) is 55.5 Å². The van der Waals surface area contributed by atoms with Crippen LogP contribution in [0.3, 0.4) is 0 Å². The maximum atomic E-state index is 10.7. The summed E-state index contributed by atoms with van der Waals surface area (Å²) >= 11 is 0. The van der Waals surface area contributed by atoms with Crippen molar-refractivity contribution < 1.29 is 4.92 Å². The SMILES string of the molecule is CC(=NCCc1ccc([N+](=O)[O-])cc1)c1ccc(C)cc1-c1ccc(C)cc1. The summed E-state index contributed by atoms with van der Waals surface area (Å²) in [7, 11) is 0. The molecule has 0 unspecified atom stereocenters. The Balaban J connectivity index is 1.79. The number of nitro benzene ring substituents is 1. The van der Waals surface area contributed by atoms with Crippen LogP contribution in [0.4, 0.5) is 5.69 Å². The minimum absolute atomic E-state index is 0.117. The van der Waals surface area contributed by atoms with Crippen molar-refractivity contribution in [1.29, 1.82) is 0 Å². The van der Waals surface area contributed by atoms with Gasteiger partial charge in [-0.2, -0.15) is 0 Å². The maximum absolute atomic E-state index is 10.7. The predicted octanol–water partition coefficient (Wildman–Crippen LogP) is 5.93. The lowest BCUT2D eigenvalue weighted by molar-refractivity contribution is -0.384. The lowest BCUT2D eigenvalue weighted by Gasteiger charge is -2.12. The zero-order chi connectivity index (χ0) is 20.1. The van der Waals surface area contributed by atoms with Crippen molar-refractivity contribution in [3.05, 3.63) is 99.1 Å². The molecule has 0 aliphatic heterocycles. The first-order chi connectivity index (χ1) is 13.4. The van der Waals surface area contributed by atoms with Crippen molar-refractivity contribution in [3.8, 4) is 11.1 Å². The van der Waals surface area contributed by atoms with Crippen LogP contribution in [-0.4, -0.2) is 17.2 Å². The van der Waals surface area contributed by atoms with Gasteiger partial charge in [-0.3, -0.25) is 15.1 Å². The van der Waals surface area contributed by atoms with Crippen LogP contribution >= 0.6 is 0 Å². The number of rotatable bonds is 6. The fourth-order valence-corrected chi connectivity index (χ4v) is 3.17. The summed E-state index contributed by atoms with van der Waals surface area (Å²) in [5.74, 6) is 0. The third-order valence-corrected chi connectivity index (χ3v) is 4.82. The van der Waals surface area contributed by atoms with Gasteiger partial charge in [0.15, 0.2) is 0 Å². The van der Waals surface area contributed by atoms with Gasteiger partial charge in [-0.25, -0.2) is 0 Å². The zero-order valence-electron chi connectivity index (χ0n) is 16.5. The van der Waals surface area contributed by atoms with Gasteiger partial charge in [-0.15, -0.1) is 0 Å². The van der Waals surface area contributed by atoms with Crippen LogP contribution in [0.15, 0.2) is 71.7 Å². The molecule has 0 amide bonds. The van der Waals surface area contributed by atoms with E-state index in [9.17, 15) is 10.1 Å². The lowest BCUT2D eigenvalue weighted by atomic mass is 9.94. The van der Waals surface area contributed by atoms with Gasteiger partial charge in [0.1, 0.15) is 0 Å². The van der Waals surface area contributed by atoms with Gasteiger partial charge in [0, 0.05) is 30.0 Å². The average Bonchev–Trinajstić information content (AvgIpc) is 2.69. The van der Waals surface area contributed by atoms with Crippen molar-refractivity contribution >= 4 is 11.4 Å². The number of benzene rings is 3. The summed E-state index contributed by atoms with van der Waals surface area (Å²) < 4.78 is 0. The van der Waals surface area contributed by atoms with Crippen LogP contribution in [0, 0.1) is 24.0 Å². The number of hydrogen-bond donors (Lipinski definition) is 0. The van der Waals surface area contributed by atoms with E-state index >= 15 is 0 Å². The molecule has 4 heteroatoms. The van der Waals surface area contributed by atoms with E-state index in [1.54, 1.807) is 24.3 Å². The molecule has 142 valence electrons. The fraction of sp³-hybridized carbons (Fsp3) is 0.208. The predicted molar refractivity (Wildman–Crippen MR) is 115 cm³/mol. The number of non-ortho nitro benzene ring substituents is 1. The number of nitro groups is 1. The molecule has 0 atom stereocenters. The molecule has 0 saturated carbocycles. The van der Waals surface area contributed by atoms with Crippen molar-refractivity contribution in [1.82, 2.24) is 0 Å². The van der Waals surface area contributed by atoms with Crippen LogP contribution in [-0.2, 0) is 6.42 Å². The molecule has 0 aliphatic carbocycles. The molecule has 0 saturated heterocycles. The van der Waals surface area contributed by atoms with Gasteiger partial charge >= 0.3 is 0 Å². The molecule has 3 rings (SSSR count).